The summed E-state index contributed by atoms with van der Waals surface area (Å²) in [4.78, 5) is 31.6. The third-order valence-corrected chi connectivity index (χ3v) is 6.48. The van der Waals surface area contributed by atoms with Crippen LogP contribution in [0.3, 0.4) is 0 Å². The van der Waals surface area contributed by atoms with Crippen molar-refractivity contribution in [2.45, 2.75) is 25.7 Å². The Morgan fingerprint density at radius 1 is 1.27 bits per heavy atom. The average Bonchev–Trinajstić information content (AvgIpc) is 3.48. The van der Waals surface area contributed by atoms with E-state index < -0.39 is 5.41 Å². The summed E-state index contributed by atoms with van der Waals surface area (Å²) >= 11 is 0. The molecular formula is C25H24N6O2. The number of hydrogen-bond donors (Lipinski definition) is 1. The lowest BCUT2D eigenvalue weighted by molar-refractivity contribution is -0.123. The van der Waals surface area contributed by atoms with Crippen molar-refractivity contribution in [3.8, 4) is 17.2 Å². The zero-order valence-electron chi connectivity index (χ0n) is 18.4. The van der Waals surface area contributed by atoms with Gasteiger partial charge in [0.1, 0.15) is 11.2 Å². The van der Waals surface area contributed by atoms with Crippen LogP contribution < -0.4 is 10.2 Å². The standard InChI is InChI=1S/C25H24N6O2/c1-30-15-19(14-28-30)18-4-2-3-17(11-18)12-23(32)29-22-13-21(7-9-27-22)31-10-8-25(16-26,24(31)33)20-5-6-20/h2-4,7,9,11,13-15,20H,5-6,8,10,12H2,1H3,(H,27,29,32)/t25-/m1/s1. The van der Waals surface area contributed by atoms with E-state index in [-0.39, 0.29) is 24.2 Å². The fourth-order valence-corrected chi connectivity index (χ4v) is 4.59. The van der Waals surface area contributed by atoms with Crippen LogP contribution in [0.2, 0.25) is 0 Å². The van der Waals surface area contributed by atoms with Crippen LogP contribution >= 0.6 is 0 Å². The van der Waals surface area contributed by atoms with Crippen LogP contribution in [0.5, 0.6) is 0 Å². The number of carbonyl (C=O) groups excluding carboxylic acids is 2. The zero-order chi connectivity index (χ0) is 23.0. The molecule has 1 aliphatic carbocycles. The monoisotopic (exact) mass is 440 g/mol. The Balaban J connectivity index is 1.27. The molecule has 8 heteroatoms. The fourth-order valence-electron chi connectivity index (χ4n) is 4.59. The zero-order valence-corrected chi connectivity index (χ0v) is 18.4. The highest BCUT2D eigenvalue weighted by atomic mass is 16.2. The number of rotatable bonds is 6. The number of nitrogens with one attached hydrogen (secondary N) is 1. The van der Waals surface area contributed by atoms with Gasteiger partial charge >= 0.3 is 0 Å². The van der Waals surface area contributed by atoms with Crippen LogP contribution in [-0.4, -0.2) is 33.1 Å². The number of aryl methyl sites for hydroxylation is 1. The average molecular weight is 441 g/mol. The molecule has 0 unspecified atom stereocenters. The lowest BCUT2D eigenvalue weighted by atomic mass is 9.83. The molecule has 1 saturated heterocycles. The number of anilines is 2. The molecule has 166 valence electrons. The second kappa shape index (κ2) is 8.17. The number of aromatic nitrogens is 3. The summed E-state index contributed by atoms with van der Waals surface area (Å²) in [5.41, 5.74) is 2.62. The summed E-state index contributed by atoms with van der Waals surface area (Å²) in [5.74, 6) is 0.223. The predicted octanol–water partition coefficient (Wildman–Crippen LogP) is 3.32. The molecule has 1 aromatic carbocycles. The normalized spacial score (nSPS) is 20.0. The third kappa shape index (κ3) is 3.98. The summed E-state index contributed by atoms with van der Waals surface area (Å²) in [7, 11) is 1.86. The summed E-state index contributed by atoms with van der Waals surface area (Å²) in [6.07, 6.45) is 7.91. The minimum Gasteiger partial charge on any atom is -0.311 e. The van der Waals surface area contributed by atoms with Gasteiger partial charge in [0.2, 0.25) is 11.8 Å². The minimum absolute atomic E-state index is 0.136. The number of nitrogens with zero attached hydrogens (tertiary/aromatic N) is 5. The fraction of sp³-hybridized carbons (Fsp3) is 0.320. The molecule has 0 bridgehead atoms. The number of hydrogen-bond acceptors (Lipinski definition) is 5. The molecule has 0 spiro atoms. The highest BCUT2D eigenvalue weighted by molar-refractivity contribution is 6.02. The number of carbonyl (C=O) groups is 2. The molecule has 8 nitrogen and oxygen atoms in total. The Labute approximate surface area is 191 Å². The molecule has 2 amide bonds. The smallest absolute Gasteiger partial charge is 0.247 e. The molecule has 2 aromatic heterocycles. The number of amides is 2. The molecule has 33 heavy (non-hydrogen) atoms. The van der Waals surface area contributed by atoms with Crippen molar-refractivity contribution in [3.63, 3.8) is 0 Å². The molecular weight excluding hydrogens is 416 g/mol. The molecule has 1 saturated carbocycles. The highest BCUT2D eigenvalue weighted by Crippen LogP contribution is 2.51. The lowest BCUT2D eigenvalue weighted by Crippen LogP contribution is -2.35. The molecule has 0 radical (unpaired) electrons. The van der Waals surface area contributed by atoms with Crippen molar-refractivity contribution in [2.75, 3.05) is 16.8 Å². The molecule has 1 atom stereocenters. The van der Waals surface area contributed by atoms with Crippen LogP contribution in [-0.2, 0) is 23.1 Å². The van der Waals surface area contributed by atoms with E-state index in [0.717, 1.165) is 29.5 Å². The quantitative estimate of drug-likeness (QED) is 0.633. The Kier molecular flexibility index (Phi) is 5.17. The first kappa shape index (κ1) is 20.9. The van der Waals surface area contributed by atoms with E-state index >= 15 is 0 Å². The molecule has 3 aromatic rings. The van der Waals surface area contributed by atoms with Gasteiger partial charge in [0, 0.05) is 43.3 Å². The van der Waals surface area contributed by atoms with Gasteiger partial charge in [-0.1, -0.05) is 24.3 Å². The predicted molar refractivity (Wildman–Crippen MR) is 123 cm³/mol. The second-order valence-electron chi connectivity index (χ2n) is 8.79. The maximum Gasteiger partial charge on any atom is 0.247 e. The van der Waals surface area contributed by atoms with Gasteiger partial charge in [-0.05, 0) is 42.4 Å². The van der Waals surface area contributed by atoms with Crippen molar-refractivity contribution >= 4 is 23.3 Å². The van der Waals surface area contributed by atoms with Gasteiger partial charge < -0.3 is 10.2 Å². The van der Waals surface area contributed by atoms with Gasteiger partial charge in [-0.3, -0.25) is 14.3 Å². The first-order chi connectivity index (χ1) is 16.0. The van der Waals surface area contributed by atoms with Gasteiger partial charge in [0.05, 0.1) is 18.7 Å². The summed E-state index contributed by atoms with van der Waals surface area (Å²) < 4.78 is 1.74. The van der Waals surface area contributed by atoms with E-state index in [1.165, 1.54) is 0 Å². The maximum atomic E-state index is 13.1. The molecule has 1 N–H and O–H groups in total. The molecule has 2 aliphatic rings. The van der Waals surface area contributed by atoms with E-state index in [4.69, 9.17) is 0 Å². The third-order valence-electron chi connectivity index (χ3n) is 6.48. The van der Waals surface area contributed by atoms with Crippen molar-refractivity contribution < 1.29 is 9.59 Å². The maximum absolute atomic E-state index is 13.1. The summed E-state index contributed by atoms with van der Waals surface area (Å²) in [6, 6.07) is 13.5. The van der Waals surface area contributed by atoms with Crippen LogP contribution in [0.1, 0.15) is 24.8 Å². The second-order valence-corrected chi connectivity index (χ2v) is 8.79. The van der Waals surface area contributed by atoms with Crippen molar-refractivity contribution in [2.24, 2.45) is 18.4 Å². The SMILES string of the molecule is Cn1cc(-c2cccc(CC(=O)Nc3cc(N4CC[C@@](C#N)(C5CC5)C4=O)ccn3)c2)cn1. The van der Waals surface area contributed by atoms with Crippen LogP contribution in [0.25, 0.3) is 11.1 Å². The summed E-state index contributed by atoms with van der Waals surface area (Å²) in [6.45, 7) is 0.501. The molecule has 5 rings (SSSR count). The first-order valence-corrected chi connectivity index (χ1v) is 11.1. The van der Waals surface area contributed by atoms with Crippen molar-refractivity contribution in [1.29, 1.82) is 5.26 Å². The van der Waals surface area contributed by atoms with E-state index in [1.54, 1.807) is 34.1 Å². The Hall–Kier alpha value is -3.99. The van der Waals surface area contributed by atoms with Gasteiger partial charge in [-0.15, -0.1) is 0 Å². The topological polar surface area (TPSA) is 104 Å². The highest BCUT2D eigenvalue weighted by Gasteiger charge is 2.56. The first-order valence-electron chi connectivity index (χ1n) is 11.1. The van der Waals surface area contributed by atoms with Gasteiger partial charge in [0.15, 0.2) is 0 Å². The largest absolute Gasteiger partial charge is 0.311 e. The van der Waals surface area contributed by atoms with E-state index in [9.17, 15) is 14.9 Å². The Morgan fingerprint density at radius 2 is 2.12 bits per heavy atom. The van der Waals surface area contributed by atoms with E-state index in [2.05, 4.69) is 21.5 Å². The minimum atomic E-state index is -0.897. The van der Waals surface area contributed by atoms with Crippen LogP contribution in [0, 0.1) is 22.7 Å². The number of benzene rings is 1. The number of pyridine rings is 1. The summed E-state index contributed by atoms with van der Waals surface area (Å²) in [5, 5.41) is 16.7. The van der Waals surface area contributed by atoms with Gasteiger partial charge in [-0.25, -0.2) is 4.98 Å². The number of nitriles is 1. The van der Waals surface area contributed by atoms with Gasteiger partial charge in [-0.2, -0.15) is 10.4 Å². The van der Waals surface area contributed by atoms with E-state index in [0.29, 0.717) is 24.5 Å². The van der Waals surface area contributed by atoms with E-state index in [1.807, 2.05) is 37.5 Å². The Bertz CT molecular complexity index is 1270. The molecule has 1 aliphatic heterocycles. The Morgan fingerprint density at radius 3 is 2.85 bits per heavy atom. The van der Waals surface area contributed by atoms with Crippen molar-refractivity contribution in [3.05, 3.63) is 60.6 Å². The molecule has 2 fully saturated rings. The van der Waals surface area contributed by atoms with Crippen LogP contribution in [0.4, 0.5) is 11.5 Å². The molecule has 3 heterocycles. The van der Waals surface area contributed by atoms with Gasteiger partial charge in [0.25, 0.3) is 0 Å². The lowest BCUT2D eigenvalue weighted by Gasteiger charge is -2.21. The van der Waals surface area contributed by atoms with Crippen LogP contribution in [0.15, 0.2) is 55.0 Å². The van der Waals surface area contributed by atoms with Crippen molar-refractivity contribution in [1.82, 2.24) is 14.8 Å².